The van der Waals surface area contributed by atoms with Crippen LogP contribution in [0.5, 0.6) is 0 Å². The molecule has 2 N–H and O–H groups in total. The Morgan fingerprint density at radius 2 is 2.12 bits per heavy atom. The number of hydrogen-bond acceptors (Lipinski definition) is 3. The number of amides is 1. The van der Waals surface area contributed by atoms with Crippen molar-refractivity contribution in [1.82, 2.24) is 10.6 Å². The molecule has 1 aliphatic rings. The standard InChI is InChI=1S/C13H26N2O2/c1-11(2)4-3-7-15-13(16)10-17-12-5-8-14-9-6-12/h11-12,14H,3-10H2,1-2H3,(H,15,16). The fraction of sp³-hybridized carbons (Fsp3) is 0.923. The number of nitrogens with one attached hydrogen (secondary N) is 2. The van der Waals surface area contributed by atoms with Crippen molar-refractivity contribution in [2.75, 3.05) is 26.2 Å². The molecule has 0 aromatic rings. The monoisotopic (exact) mass is 242 g/mol. The summed E-state index contributed by atoms with van der Waals surface area (Å²) >= 11 is 0. The van der Waals surface area contributed by atoms with Crippen molar-refractivity contribution in [1.29, 1.82) is 0 Å². The summed E-state index contributed by atoms with van der Waals surface area (Å²) in [4.78, 5) is 11.5. The molecule has 0 radical (unpaired) electrons. The molecule has 17 heavy (non-hydrogen) atoms. The van der Waals surface area contributed by atoms with Crippen LogP contribution in [0.15, 0.2) is 0 Å². The molecule has 0 atom stereocenters. The SMILES string of the molecule is CC(C)CCCNC(=O)COC1CCNCC1. The lowest BCUT2D eigenvalue weighted by Crippen LogP contribution is -2.36. The van der Waals surface area contributed by atoms with E-state index in [4.69, 9.17) is 4.74 Å². The second-order valence-corrected chi connectivity index (χ2v) is 5.15. The molecule has 1 saturated heterocycles. The van der Waals surface area contributed by atoms with Gasteiger partial charge in [-0.15, -0.1) is 0 Å². The highest BCUT2D eigenvalue weighted by Gasteiger charge is 2.14. The van der Waals surface area contributed by atoms with Crippen molar-refractivity contribution in [2.24, 2.45) is 5.92 Å². The van der Waals surface area contributed by atoms with E-state index < -0.39 is 0 Å². The summed E-state index contributed by atoms with van der Waals surface area (Å²) < 4.78 is 5.57. The Balaban J connectivity index is 1.96. The number of rotatable bonds is 7. The fourth-order valence-electron chi connectivity index (χ4n) is 1.94. The van der Waals surface area contributed by atoms with Gasteiger partial charge in [-0.05, 0) is 44.7 Å². The molecule has 1 rings (SSSR count). The van der Waals surface area contributed by atoms with Gasteiger partial charge in [-0.1, -0.05) is 13.8 Å². The second kappa shape index (κ2) is 8.48. The molecule has 100 valence electrons. The maximum absolute atomic E-state index is 11.5. The van der Waals surface area contributed by atoms with Crippen LogP contribution in [0.2, 0.25) is 0 Å². The van der Waals surface area contributed by atoms with E-state index in [-0.39, 0.29) is 18.6 Å². The van der Waals surface area contributed by atoms with Crippen LogP contribution in [0, 0.1) is 5.92 Å². The van der Waals surface area contributed by atoms with Crippen LogP contribution in [-0.2, 0) is 9.53 Å². The molecular weight excluding hydrogens is 216 g/mol. The molecule has 0 saturated carbocycles. The Morgan fingerprint density at radius 1 is 1.41 bits per heavy atom. The van der Waals surface area contributed by atoms with Crippen molar-refractivity contribution in [3.63, 3.8) is 0 Å². The van der Waals surface area contributed by atoms with E-state index in [1.165, 1.54) is 0 Å². The Kier molecular flexibility index (Phi) is 7.21. The Hall–Kier alpha value is -0.610. The number of piperidine rings is 1. The van der Waals surface area contributed by atoms with Gasteiger partial charge in [0, 0.05) is 6.54 Å². The lowest BCUT2D eigenvalue weighted by atomic mass is 10.1. The van der Waals surface area contributed by atoms with Crippen LogP contribution in [0.25, 0.3) is 0 Å². The van der Waals surface area contributed by atoms with Crippen molar-refractivity contribution < 1.29 is 9.53 Å². The third kappa shape index (κ3) is 7.34. The lowest BCUT2D eigenvalue weighted by molar-refractivity contribution is -0.128. The first-order chi connectivity index (χ1) is 8.18. The van der Waals surface area contributed by atoms with E-state index >= 15 is 0 Å². The smallest absolute Gasteiger partial charge is 0.246 e. The van der Waals surface area contributed by atoms with E-state index in [0.29, 0.717) is 5.92 Å². The largest absolute Gasteiger partial charge is 0.368 e. The average molecular weight is 242 g/mol. The van der Waals surface area contributed by atoms with Gasteiger partial charge in [0.25, 0.3) is 0 Å². The Bertz CT molecular complexity index is 213. The lowest BCUT2D eigenvalue weighted by Gasteiger charge is -2.22. The van der Waals surface area contributed by atoms with Crippen molar-refractivity contribution in [3.05, 3.63) is 0 Å². The van der Waals surface area contributed by atoms with Crippen LogP contribution >= 0.6 is 0 Å². The highest BCUT2D eigenvalue weighted by molar-refractivity contribution is 5.77. The predicted octanol–water partition coefficient (Wildman–Crippen LogP) is 1.31. The first kappa shape index (κ1) is 14.5. The van der Waals surface area contributed by atoms with Crippen molar-refractivity contribution in [3.8, 4) is 0 Å². The molecule has 0 aliphatic carbocycles. The van der Waals surface area contributed by atoms with Gasteiger partial charge < -0.3 is 15.4 Å². The predicted molar refractivity (Wildman–Crippen MR) is 68.9 cm³/mol. The molecule has 1 aliphatic heterocycles. The van der Waals surface area contributed by atoms with E-state index in [2.05, 4.69) is 24.5 Å². The second-order valence-electron chi connectivity index (χ2n) is 5.15. The van der Waals surface area contributed by atoms with Crippen molar-refractivity contribution >= 4 is 5.91 Å². The molecular formula is C13H26N2O2. The summed E-state index contributed by atoms with van der Waals surface area (Å²) in [6.07, 6.45) is 4.51. The van der Waals surface area contributed by atoms with Crippen LogP contribution in [0.1, 0.15) is 39.5 Å². The normalized spacial score (nSPS) is 17.4. The summed E-state index contributed by atoms with van der Waals surface area (Å²) in [7, 11) is 0. The zero-order valence-corrected chi connectivity index (χ0v) is 11.1. The van der Waals surface area contributed by atoms with Gasteiger partial charge in [0.15, 0.2) is 0 Å². The number of hydrogen-bond donors (Lipinski definition) is 2. The maximum Gasteiger partial charge on any atom is 0.246 e. The number of ether oxygens (including phenoxy) is 1. The van der Waals surface area contributed by atoms with Crippen LogP contribution in [0.3, 0.4) is 0 Å². The van der Waals surface area contributed by atoms with E-state index in [9.17, 15) is 4.79 Å². The average Bonchev–Trinajstić information content (AvgIpc) is 2.33. The van der Waals surface area contributed by atoms with Gasteiger partial charge in [0.1, 0.15) is 6.61 Å². The van der Waals surface area contributed by atoms with Crippen LogP contribution < -0.4 is 10.6 Å². The summed E-state index contributed by atoms with van der Waals surface area (Å²) in [5.41, 5.74) is 0. The Morgan fingerprint density at radius 3 is 2.76 bits per heavy atom. The summed E-state index contributed by atoms with van der Waals surface area (Å²) in [5.74, 6) is 0.727. The molecule has 1 amide bonds. The highest BCUT2D eigenvalue weighted by Crippen LogP contribution is 2.06. The molecule has 4 heteroatoms. The molecule has 0 bridgehead atoms. The highest BCUT2D eigenvalue weighted by atomic mass is 16.5. The molecule has 1 fully saturated rings. The zero-order chi connectivity index (χ0) is 12.5. The third-order valence-electron chi connectivity index (χ3n) is 3.02. The van der Waals surface area contributed by atoms with E-state index in [0.717, 1.165) is 45.3 Å². The van der Waals surface area contributed by atoms with Crippen LogP contribution in [0.4, 0.5) is 0 Å². The molecule has 0 aromatic carbocycles. The molecule has 0 unspecified atom stereocenters. The Labute approximate surface area is 104 Å². The molecule has 0 aromatic heterocycles. The quantitative estimate of drug-likeness (QED) is 0.662. The first-order valence-corrected chi connectivity index (χ1v) is 6.77. The van der Waals surface area contributed by atoms with Gasteiger partial charge in [-0.25, -0.2) is 0 Å². The van der Waals surface area contributed by atoms with Crippen molar-refractivity contribution in [2.45, 2.75) is 45.6 Å². The minimum Gasteiger partial charge on any atom is -0.368 e. The minimum absolute atomic E-state index is 0.0206. The topological polar surface area (TPSA) is 50.4 Å². The van der Waals surface area contributed by atoms with Gasteiger partial charge in [-0.2, -0.15) is 0 Å². The third-order valence-corrected chi connectivity index (χ3v) is 3.02. The summed E-state index contributed by atoms with van der Waals surface area (Å²) in [5, 5.41) is 6.17. The number of carbonyl (C=O) groups is 1. The maximum atomic E-state index is 11.5. The first-order valence-electron chi connectivity index (χ1n) is 6.77. The van der Waals surface area contributed by atoms with E-state index in [1.807, 2.05) is 0 Å². The number of carbonyl (C=O) groups excluding carboxylic acids is 1. The van der Waals surface area contributed by atoms with Crippen LogP contribution in [-0.4, -0.2) is 38.3 Å². The summed E-state index contributed by atoms with van der Waals surface area (Å²) in [6.45, 7) is 7.38. The van der Waals surface area contributed by atoms with E-state index in [1.54, 1.807) is 0 Å². The zero-order valence-electron chi connectivity index (χ0n) is 11.1. The summed E-state index contributed by atoms with van der Waals surface area (Å²) in [6, 6.07) is 0. The van der Waals surface area contributed by atoms with Gasteiger partial charge in [-0.3, -0.25) is 4.79 Å². The molecule has 0 spiro atoms. The van der Waals surface area contributed by atoms with Gasteiger partial charge in [0.05, 0.1) is 6.10 Å². The molecule has 1 heterocycles. The minimum atomic E-state index is 0.0206. The fourth-order valence-corrected chi connectivity index (χ4v) is 1.94. The molecule has 4 nitrogen and oxygen atoms in total. The van der Waals surface area contributed by atoms with Gasteiger partial charge in [0.2, 0.25) is 5.91 Å². The van der Waals surface area contributed by atoms with Gasteiger partial charge >= 0.3 is 0 Å².